The van der Waals surface area contributed by atoms with E-state index in [1.165, 1.54) is 11.1 Å². The third-order valence-electron chi connectivity index (χ3n) is 4.40. The molecule has 5 nitrogen and oxygen atoms in total. The molecule has 1 atom stereocenters. The molecule has 2 aliphatic rings. The van der Waals surface area contributed by atoms with Crippen LogP contribution in [0.2, 0.25) is 0 Å². The van der Waals surface area contributed by atoms with Crippen molar-refractivity contribution in [3.63, 3.8) is 0 Å². The van der Waals surface area contributed by atoms with Crippen LogP contribution in [0.5, 0.6) is 0 Å². The van der Waals surface area contributed by atoms with Crippen LogP contribution in [0.1, 0.15) is 29.5 Å². The van der Waals surface area contributed by atoms with E-state index >= 15 is 0 Å². The first kappa shape index (κ1) is 14.1. The molecule has 1 saturated heterocycles. The summed E-state index contributed by atoms with van der Waals surface area (Å²) in [7, 11) is 1.79. The number of likely N-dealkylation sites (tertiary alicyclic amines) is 1. The van der Waals surface area contributed by atoms with Gasteiger partial charge in [0.25, 0.3) is 0 Å². The highest BCUT2D eigenvalue weighted by molar-refractivity contribution is 5.86. The molecule has 2 amide bonds. The van der Waals surface area contributed by atoms with Crippen molar-refractivity contribution in [1.82, 2.24) is 15.5 Å². The van der Waals surface area contributed by atoms with E-state index in [9.17, 15) is 9.59 Å². The molecule has 0 aliphatic carbocycles. The molecular formula is C16H21N3O2. The number of nitrogens with one attached hydrogen (secondary N) is 2. The third kappa shape index (κ3) is 3.08. The molecule has 2 heterocycles. The second kappa shape index (κ2) is 5.85. The van der Waals surface area contributed by atoms with Gasteiger partial charge in [-0.1, -0.05) is 18.2 Å². The van der Waals surface area contributed by atoms with Gasteiger partial charge in [-0.05, 0) is 23.1 Å². The fourth-order valence-corrected chi connectivity index (χ4v) is 2.96. The maximum atomic E-state index is 12.2. The summed E-state index contributed by atoms with van der Waals surface area (Å²) in [5.74, 6) is -0.120. The summed E-state index contributed by atoms with van der Waals surface area (Å²) in [4.78, 5) is 25.5. The number of nitrogens with zero attached hydrogens (tertiary/aromatic N) is 1. The summed E-state index contributed by atoms with van der Waals surface area (Å²) in [6.07, 6.45) is 1.08. The standard InChI is InChI=1S/C16H21N3O2/c1-19-5-4-12(7-15(19)20)16(21)18-8-11-2-3-13-9-17-10-14(13)6-11/h2-3,6,12,17H,4-5,7-10H2,1H3,(H,18,21). The molecule has 0 saturated carbocycles. The van der Waals surface area contributed by atoms with Gasteiger partial charge < -0.3 is 15.5 Å². The van der Waals surface area contributed by atoms with Gasteiger partial charge in [-0.25, -0.2) is 0 Å². The first-order chi connectivity index (χ1) is 10.1. The molecule has 1 unspecified atom stereocenters. The van der Waals surface area contributed by atoms with E-state index < -0.39 is 0 Å². The number of amides is 2. The van der Waals surface area contributed by atoms with E-state index in [1.54, 1.807) is 11.9 Å². The molecule has 3 rings (SSSR count). The molecular weight excluding hydrogens is 266 g/mol. The zero-order valence-electron chi connectivity index (χ0n) is 12.3. The quantitative estimate of drug-likeness (QED) is 0.863. The van der Waals surface area contributed by atoms with Gasteiger partial charge in [-0.3, -0.25) is 9.59 Å². The van der Waals surface area contributed by atoms with Crippen molar-refractivity contribution >= 4 is 11.8 Å². The molecule has 2 aliphatic heterocycles. The maximum Gasteiger partial charge on any atom is 0.223 e. The number of hydrogen-bond donors (Lipinski definition) is 2. The zero-order chi connectivity index (χ0) is 14.8. The van der Waals surface area contributed by atoms with Gasteiger partial charge in [0.05, 0.1) is 0 Å². The van der Waals surface area contributed by atoms with E-state index in [2.05, 4.69) is 28.8 Å². The van der Waals surface area contributed by atoms with Crippen molar-refractivity contribution in [1.29, 1.82) is 0 Å². The molecule has 1 aromatic rings. The van der Waals surface area contributed by atoms with Crippen LogP contribution in [0, 0.1) is 5.92 Å². The van der Waals surface area contributed by atoms with Crippen LogP contribution >= 0.6 is 0 Å². The highest BCUT2D eigenvalue weighted by atomic mass is 16.2. The van der Waals surface area contributed by atoms with Crippen molar-refractivity contribution in [3.8, 4) is 0 Å². The lowest BCUT2D eigenvalue weighted by Gasteiger charge is -2.27. The van der Waals surface area contributed by atoms with Crippen LogP contribution in [0.4, 0.5) is 0 Å². The van der Waals surface area contributed by atoms with Gasteiger partial charge in [0.2, 0.25) is 11.8 Å². The van der Waals surface area contributed by atoms with Crippen LogP contribution < -0.4 is 10.6 Å². The molecule has 21 heavy (non-hydrogen) atoms. The first-order valence-electron chi connectivity index (χ1n) is 7.46. The Hall–Kier alpha value is -1.88. The molecule has 0 aromatic heterocycles. The molecule has 112 valence electrons. The van der Waals surface area contributed by atoms with E-state index in [-0.39, 0.29) is 17.7 Å². The van der Waals surface area contributed by atoms with Gasteiger partial charge in [0.15, 0.2) is 0 Å². The molecule has 1 fully saturated rings. The first-order valence-corrected chi connectivity index (χ1v) is 7.46. The molecule has 0 bridgehead atoms. The summed E-state index contributed by atoms with van der Waals surface area (Å²) in [6.45, 7) is 3.04. The Balaban J connectivity index is 1.55. The highest BCUT2D eigenvalue weighted by Crippen LogP contribution is 2.19. The normalized spacial score (nSPS) is 21.3. The smallest absolute Gasteiger partial charge is 0.223 e. The minimum absolute atomic E-state index is 0.00456. The minimum atomic E-state index is -0.176. The Morgan fingerprint density at radius 2 is 2.19 bits per heavy atom. The topological polar surface area (TPSA) is 61.4 Å². The molecule has 0 radical (unpaired) electrons. The van der Waals surface area contributed by atoms with Crippen LogP contribution in [-0.2, 0) is 29.2 Å². The van der Waals surface area contributed by atoms with E-state index in [1.807, 2.05) is 0 Å². The second-order valence-corrected chi connectivity index (χ2v) is 5.93. The lowest BCUT2D eigenvalue weighted by atomic mass is 9.95. The van der Waals surface area contributed by atoms with E-state index in [0.29, 0.717) is 19.5 Å². The molecule has 5 heteroatoms. The largest absolute Gasteiger partial charge is 0.352 e. The number of carbonyl (C=O) groups is 2. The van der Waals surface area contributed by atoms with Crippen molar-refractivity contribution < 1.29 is 9.59 Å². The van der Waals surface area contributed by atoms with Gasteiger partial charge in [-0.15, -0.1) is 0 Å². The van der Waals surface area contributed by atoms with Crippen molar-refractivity contribution in [2.24, 2.45) is 5.92 Å². The monoisotopic (exact) mass is 287 g/mol. The number of carbonyl (C=O) groups excluding carboxylic acids is 2. The van der Waals surface area contributed by atoms with Crippen molar-refractivity contribution in [3.05, 3.63) is 34.9 Å². The van der Waals surface area contributed by atoms with Crippen LogP contribution in [-0.4, -0.2) is 30.3 Å². The van der Waals surface area contributed by atoms with Crippen molar-refractivity contribution in [2.45, 2.75) is 32.5 Å². The van der Waals surface area contributed by atoms with Crippen LogP contribution in [0.3, 0.4) is 0 Å². The zero-order valence-corrected chi connectivity index (χ0v) is 12.3. The lowest BCUT2D eigenvalue weighted by molar-refractivity contribution is -0.139. The molecule has 2 N–H and O–H groups in total. The number of rotatable bonds is 3. The number of hydrogen-bond acceptors (Lipinski definition) is 3. The summed E-state index contributed by atoms with van der Waals surface area (Å²) in [6, 6.07) is 6.33. The summed E-state index contributed by atoms with van der Waals surface area (Å²) in [5, 5.41) is 6.28. The SMILES string of the molecule is CN1CCC(C(=O)NCc2ccc3c(c2)CNC3)CC1=O. The summed E-state index contributed by atoms with van der Waals surface area (Å²) < 4.78 is 0. The Morgan fingerprint density at radius 3 is 3.00 bits per heavy atom. The fourth-order valence-electron chi connectivity index (χ4n) is 2.96. The number of benzene rings is 1. The van der Waals surface area contributed by atoms with Gasteiger partial charge in [-0.2, -0.15) is 0 Å². The summed E-state index contributed by atoms with van der Waals surface area (Å²) >= 11 is 0. The second-order valence-electron chi connectivity index (χ2n) is 5.93. The van der Waals surface area contributed by atoms with E-state index in [4.69, 9.17) is 0 Å². The molecule has 1 aromatic carbocycles. The third-order valence-corrected chi connectivity index (χ3v) is 4.40. The average molecular weight is 287 g/mol. The maximum absolute atomic E-state index is 12.2. The van der Waals surface area contributed by atoms with Gasteiger partial charge in [0.1, 0.15) is 0 Å². The van der Waals surface area contributed by atoms with E-state index in [0.717, 1.165) is 25.1 Å². The number of piperidine rings is 1. The average Bonchev–Trinajstić information content (AvgIpc) is 2.95. The van der Waals surface area contributed by atoms with Gasteiger partial charge >= 0.3 is 0 Å². The Kier molecular flexibility index (Phi) is 3.92. The fraction of sp³-hybridized carbons (Fsp3) is 0.500. The highest BCUT2D eigenvalue weighted by Gasteiger charge is 2.28. The Bertz CT molecular complexity index is 571. The summed E-state index contributed by atoms with van der Waals surface area (Å²) in [5.41, 5.74) is 3.77. The lowest BCUT2D eigenvalue weighted by Crippen LogP contribution is -2.41. The Morgan fingerprint density at radius 1 is 1.38 bits per heavy atom. The van der Waals surface area contributed by atoms with Gasteiger partial charge in [0, 0.05) is 45.6 Å². The van der Waals surface area contributed by atoms with Crippen LogP contribution in [0.25, 0.3) is 0 Å². The molecule has 0 spiro atoms. The number of fused-ring (bicyclic) bond motifs is 1. The van der Waals surface area contributed by atoms with Crippen LogP contribution in [0.15, 0.2) is 18.2 Å². The minimum Gasteiger partial charge on any atom is -0.352 e. The predicted octanol–water partition coefficient (Wildman–Crippen LogP) is 0.774. The predicted molar refractivity (Wildman–Crippen MR) is 79.2 cm³/mol. The van der Waals surface area contributed by atoms with Crippen molar-refractivity contribution in [2.75, 3.05) is 13.6 Å². The Labute approximate surface area is 124 Å².